The molecular formula is C23H21N3O2S2. The standard InChI is InChI=1S/C23H21N3O2S2/c1-14-24-22-21(17(13-30-22)19-10-5-11-29-19)23(28)26(14)12-20(27)25-18-9-4-7-15-6-2-3-8-16(15)18/h2-3,5-6,8,10-11,13,18H,4,7,9,12H2,1H3,(H,25,27)/t18-/m0/s1. The maximum atomic E-state index is 13.3. The van der Waals surface area contributed by atoms with E-state index in [0.29, 0.717) is 11.2 Å². The number of thiophene rings is 2. The molecule has 1 aliphatic rings. The summed E-state index contributed by atoms with van der Waals surface area (Å²) in [6.45, 7) is 1.76. The molecule has 4 aromatic rings. The van der Waals surface area contributed by atoms with Gasteiger partial charge in [0.1, 0.15) is 17.2 Å². The summed E-state index contributed by atoms with van der Waals surface area (Å²) in [6.07, 6.45) is 3.01. The zero-order chi connectivity index (χ0) is 20.7. The summed E-state index contributed by atoms with van der Waals surface area (Å²) in [5, 5.41) is 7.72. The number of rotatable bonds is 4. The third kappa shape index (κ3) is 3.38. The van der Waals surface area contributed by atoms with Gasteiger partial charge in [0.2, 0.25) is 5.91 Å². The van der Waals surface area contributed by atoms with Crippen molar-refractivity contribution in [2.75, 3.05) is 0 Å². The quantitative estimate of drug-likeness (QED) is 0.506. The highest BCUT2D eigenvalue weighted by atomic mass is 32.1. The first-order chi connectivity index (χ1) is 14.6. The highest BCUT2D eigenvalue weighted by Gasteiger charge is 2.23. The second kappa shape index (κ2) is 7.81. The van der Waals surface area contributed by atoms with Gasteiger partial charge in [-0.1, -0.05) is 30.3 Å². The molecule has 0 radical (unpaired) electrons. The van der Waals surface area contributed by atoms with Crippen molar-refractivity contribution in [3.05, 3.63) is 74.5 Å². The molecule has 0 aliphatic heterocycles. The molecule has 5 nitrogen and oxygen atoms in total. The molecular weight excluding hydrogens is 414 g/mol. The molecule has 7 heteroatoms. The number of aryl methyl sites for hydroxylation is 2. The van der Waals surface area contributed by atoms with Crippen molar-refractivity contribution in [3.8, 4) is 10.4 Å². The lowest BCUT2D eigenvalue weighted by Gasteiger charge is -2.26. The lowest BCUT2D eigenvalue weighted by atomic mass is 9.88. The van der Waals surface area contributed by atoms with Crippen LogP contribution in [0.5, 0.6) is 0 Å². The smallest absolute Gasteiger partial charge is 0.263 e. The number of amides is 1. The number of hydrogen-bond acceptors (Lipinski definition) is 5. The predicted octanol–water partition coefficient (Wildman–Crippen LogP) is 4.69. The van der Waals surface area contributed by atoms with Gasteiger partial charge in [-0.2, -0.15) is 0 Å². The predicted molar refractivity (Wildman–Crippen MR) is 122 cm³/mol. The molecule has 152 valence electrons. The topological polar surface area (TPSA) is 64.0 Å². The molecule has 1 N–H and O–H groups in total. The Morgan fingerprint density at radius 3 is 2.93 bits per heavy atom. The molecule has 0 bridgehead atoms. The lowest BCUT2D eigenvalue weighted by Crippen LogP contribution is -2.37. The second-order valence-corrected chi connectivity index (χ2v) is 9.37. The molecule has 0 fully saturated rings. The molecule has 1 aliphatic carbocycles. The summed E-state index contributed by atoms with van der Waals surface area (Å²) >= 11 is 3.07. The average Bonchev–Trinajstić information content (AvgIpc) is 3.41. The summed E-state index contributed by atoms with van der Waals surface area (Å²) in [5.74, 6) is 0.405. The van der Waals surface area contributed by atoms with E-state index in [0.717, 1.165) is 34.5 Å². The van der Waals surface area contributed by atoms with Crippen molar-refractivity contribution in [3.63, 3.8) is 0 Å². The number of benzene rings is 1. The fraction of sp³-hybridized carbons (Fsp3) is 0.261. The largest absolute Gasteiger partial charge is 0.348 e. The number of aromatic nitrogens is 2. The van der Waals surface area contributed by atoms with Gasteiger partial charge in [0, 0.05) is 15.8 Å². The fourth-order valence-corrected chi connectivity index (χ4v) is 6.01. The Morgan fingerprint density at radius 1 is 1.23 bits per heavy atom. The van der Waals surface area contributed by atoms with E-state index < -0.39 is 0 Å². The maximum absolute atomic E-state index is 13.3. The minimum Gasteiger partial charge on any atom is -0.348 e. The van der Waals surface area contributed by atoms with Crippen LogP contribution in [-0.2, 0) is 17.8 Å². The lowest BCUT2D eigenvalue weighted by molar-refractivity contribution is -0.122. The van der Waals surface area contributed by atoms with Crippen LogP contribution in [0.1, 0.15) is 35.8 Å². The molecule has 0 saturated heterocycles. The SMILES string of the molecule is Cc1nc2scc(-c3cccs3)c2c(=O)n1CC(=O)N[C@H]1CCCc2ccccc21. The van der Waals surface area contributed by atoms with Crippen molar-refractivity contribution in [2.24, 2.45) is 0 Å². The van der Waals surface area contributed by atoms with Gasteiger partial charge in [-0.15, -0.1) is 22.7 Å². The molecule has 3 heterocycles. The van der Waals surface area contributed by atoms with E-state index in [1.807, 2.05) is 35.0 Å². The van der Waals surface area contributed by atoms with E-state index in [2.05, 4.69) is 22.4 Å². The Hall–Kier alpha value is -2.77. The molecule has 1 aromatic carbocycles. The number of carbonyl (C=O) groups excluding carboxylic acids is 1. The number of hydrogen-bond donors (Lipinski definition) is 1. The van der Waals surface area contributed by atoms with E-state index in [1.54, 1.807) is 18.3 Å². The third-order valence-corrected chi connectivity index (χ3v) is 7.45. The Morgan fingerprint density at radius 2 is 2.10 bits per heavy atom. The van der Waals surface area contributed by atoms with E-state index in [9.17, 15) is 9.59 Å². The monoisotopic (exact) mass is 435 g/mol. The molecule has 1 atom stereocenters. The number of carbonyl (C=O) groups is 1. The molecule has 30 heavy (non-hydrogen) atoms. The van der Waals surface area contributed by atoms with Gasteiger partial charge in [0.15, 0.2) is 0 Å². The molecule has 0 spiro atoms. The molecule has 0 unspecified atom stereocenters. The summed E-state index contributed by atoms with van der Waals surface area (Å²) in [7, 11) is 0. The van der Waals surface area contributed by atoms with Gasteiger partial charge in [-0.25, -0.2) is 4.98 Å². The Bertz CT molecular complexity index is 1290. The highest BCUT2D eigenvalue weighted by molar-refractivity contribution is 7.18. The van der Waals surface area contributed by atoms with Crippen molar-refractivity contribution < 1.29 is 4.79 Å². The maximum Gasteiger partial charge on any atom is 0.263 e. The van der Waals surface area contributed by atoms with Crippen LogP contribution >= 0.6 is 22.7 Å². The van der Waals surface area contributed by atoms with Crippen molar-refractivity contribution in [2.45, 2.75) is 38.8 Å². The van der Waals surface area contributed by atoms with Gasteiger partial charge in [-0.05, 0) is 48.8 Å². The van der Waals surface area contributed by atoms with Gasteiger partial charge in [-0.3, -0.25) is 14.2 Å². The van der Waals surface area contributed by atoms with E-state index in [1.165, 1.54) is 27.0 Å². The first-order valence-electron chi connectivity index (χ1n) is 10.0. The fourth-order valence-electron chi connectivity index (χ4n) is 4.21. The third-order valence-electron chi connectivity index (χ3n) is 5.68. The Kier molecular flexibility index (Phi) is 5.00. The van der Waals surface area contributed by atoms with E-state index in [-0.39, 0.29) is 24.1 Å². The van der Waals surface area contributed by atoms with Crippen molar-refractivity contribution >= 4 is 38.8 Å². The Balaban J connectivity index is 1.45. The van der Waals surface area contributed by atoms with Crippen molar-refractivity contribution in [1.29, 1.82) is 0 Å². The minimum absolute atomic E-state index is 0.00187. The van der Waals surface area contributed by atoms with Crippen LogP contribution in [-0.4, -0.2) is 15.5 Å². The molecule has 3 aromatic heterocycles. The van der Waals surface area contributed by atoms with Crippen LogP contribution in [0.3, 0.4) is 0 Å². The Labute approximate surface area is 182 Å². The molecule has 0 saturated carbocycles. The van der Waals surface area contributed by atoms with Crippen LogP contribution in [0.2, 0.25) is 0 Å². The summed E-state index contributed by atoms with van der Waals surface area (Å²) < 4.78 is 1.50. The first kappa shape index (κ1) is 19.2. The zero-order valence-electron chi connectivity index (χ0n) is 16.6. The van der Waals surface area contributed by atoms with E-state index >= 15 is 0 Å². The van der Waals surface area contributed by atoms with Gasteiger partial charge < -0.3 is 5.32 Å². The van der Waals surface area contributed by atoms with E-state index in [4.69, 9.17) is 0 Å². The summed E-state index contributed by atoms with van der Waals surface area (Å²) in [4.78, 5) is 32.6. The molecule has 5 rings (SSSR count). The van der Waals surface area contributed by atoms with Crippen LogP contribution in [0.15, 0.2) is 52.0 Å². The van der Waals surface area contributed by atoms with Crippen LogP contribution < -0.4 is 10.9 Å². The van der Waals surface area contributed by atoms with Crippen molar-refractivity contribution in [1.82, 2.24) is 14.9 Å². The highest BCUT2D eigenvalue weighted by Crippen LogP contribution is 2.34. The van der Waals surface area contributed by atoms with Crippen LogP contribution in [0.4, 0.5) is 0 Å². The molecule has 1 amide bonds. The van der Waals surface area contributed by atoms with Gasteiger partial charge in [0.25, 0.3) is 5.56 Å². The zero-order valence-corrected chi connectivity index (χ0v) is 18.2. The summed E-state index contributed by atoms with van der Waals surface area (Å²) in [5.41, 5.74) is 3.23. The summed E-state index contributed by atoms with van der Waals surface area (Å²) in [6, 6.07) is 12.2. The number of nitrogens with one attached hydrogen (secondary N) is 1. The number of nitrogens with zero attached hydrogens (tertiary/aromatic N) is 2. The average molecular weight is 436 g/mol. The van der Waals surface area contributed by atoms with Crippen LogP contribution in [0, 0.1) is 6.92 Å². The normalized spacial score (nSPS) is 15.8. The second-order valence-electron chi connectivity index (χ2n) is 7.57. The number of fused-ring (bicyclic) bond motifs is 2. The van der Waals surface area contributed by atoms with Gasteiger partial charge in [0.05, 0.1) is 11.4 Å². The minimum atomic E-state index is -0.157. The van der Waals surface area contributed by atoms with Crippen LogP contribution in [0.25, 0.3) is 20.7 Å². The van der Waals surface area contributed by atoms with Gasteiger partial charge >= 0.3 is 0 Å². The first-order valence-corrected chi connectivity index (χ1v) is 11.8.